The van der Waals surface area contributed by atoms with E-state index in [2.05, 4.69) is 10.3 Å². The van der Waals surface area contributed by atoms with Gasteiger partial charge in [0, 0.05) is 12.4 Å². The van der Waals surface area contributed by atoms with Crippen molar-refractivity contribution in [3.63, 3.8) is 0 Å². The molecular weight excluding hydrogens is 146 g/mol. The van der Waals surface area contributed by atoms with Crippen molar-refractivity contribution in [2.75, 3.05) is 5.32 Å². The molecule has 1 unspecified atom stereocenters. The van der Waals surface area contributed by atoms with Crippen LogP contribution in [0, 0.1) is 0 Å². The molecular formula is C6H7N3O2. The van der Waals surface area contributed by atoms with Crippen molar-refractivity contribution in [2.45, 2.75) is 12.6 Å². The number of hydrogen-bond acceptors (Lipinski definition) is 3. The van der Waals surface area contributed by atoms with Gasteiger partial charge in [0.05, 0.1) is 6.54 Å². The van der Waals surface area contributed by atoms with Gasteiger partial charge >= 0.3 is 5.97 Å². The number of nitrogens with zero attached hydrogens (tertiary/aromatic N) is 2. The normalized spacial score (nSPS) is 20.9. The molecule has 1 aromatic heterocycles. The van der Waals surface area contributed by atoms with Crippen molar-refractivity contribution in [3.8, 4) is 0 Å². The number of anilines is 1. The predicted octanol–water partition coefficient (Wildman–Crippen LogP) is -0.238. The molecule has 2 N–H and O–H groups in total. The van der Waals surface area contributed by atoms with Crippen LogP contribution in [0.3, 0.4) is 0 Å². The van der Waals surface area contributed by atoms with E-state index in [1.54, 1.807) is 17.0 Å². The van der Waals surface area contributed by atoms with Crippen molar-refractivity contribution >= 4 is 11.9 Å². The highest BCUT2D eigenvalue weighted by molar-refractivity contribution is 5.77. The van der Waals surface area contributed by atoms with Crippen molar-refractivity contribution in [3.05, 3.63) is 12.4 Å². The van der Waals surface area contributed by atoms with Gasteiger partial charge in [0.1, 0.15) is 6.04 Å². The fourth-order valence-corrected chi connectivity index (χ4v) is 1.13. The summed E-state index contributed by atoms with van der Waals surface area (Å²) in [5.74, 6) is -0.201. The molecule has 1 aromatic rings. The molecule has 0 bridgehead atoms. The number of carboxylic acid groups (broad SMARTS) is 1. The Morgan fingerprint density at radius 3 is 3.36 bits per heavy atom. The number of imidazole rings is 1. The molecule has 0 aliphatic carbocycles. The fourth-order valence-electron chi connectivity index (χ4n) is 1.13. The van der Waals surface area contributed by atoms with E-state index in [1.807, 2.05) is 0 Å². The first-order valence-electron chi connectivity index (χ1n) is 3.28. The van der Waals surface area contributed by atoms with Crippen molar-refractivity contribution in [1.82, 2.24) is 9.55 Å². The lowest BCUT2D eigenvalue weighted by atomic mass is 10.3. The van der Waals surface area contributed by atoms with Crippen LogP contribution in [0.4, 0.5) is 5.95 Å². The van der Waals surface area contributed by atoms with Gasteiger partial charge in [-0.3, -0.25) is 0 Å². The van der Waals surface area contributed by atoms with Crippen molar-refractivity contribution in [2.24, 2.45) is 0 Å². The molecule has 5 nitrogen and oxygen atoms in total. The monoisotopic (exact) mass is 153 g/mol. The van der Waals surface area contributed by atoms with Crippen molar-refractivity contribution < 1.29 is 9.90 Å². The fraction of sp³-hybridized carbons (Fsp3) is 0.333. The summed E-state index contributed by atoms with van der Waals surface area (Å²) in [5.41, 5.74) is 0. The number of fused-ring (bicyclic) bond motifs is 1. The maximum absolute atomic E-state index is 10.5. The summed E-state index contributed by atoms with van der Waals surface area (Å²) in [4.78, 5) is 14.4. The number of aromatic nitrogens is 2. The maximum atomic E-state index is 10.5. The van der Waals surface area contributed by atoms with Crippen LogP contribution in [0.1, 0.15) is 0 Å². The first kappa shape index (κ1) is 6.21. The minimum Gasteiger partial charge on any atom is -0.480 e. The average Bonchev–Trinajstić information content (AvgIpc) is 2.40. The van der Waals surface area contributed by atoms with E-state index in [-0.39, 0.29) is 0 Å². The van der Waals surface area contributed by atoms with Crippen molar-refractivity contribution in [1.29, 1.82) is 0 Å². The molecule has 2 heterocycles. The molecule has 0 radical (unpaired) electrons. The van der Waals surface area contributed by atoms with Crippen LogP contribution in [-0.4, -0.2) is 26.7 Å². The maximum Gasteiger partial charge on any atom is 0.328 e. The second-order valence-corrected chi connectivity index (χ2v) is 2.44. The molecule has 0 saturated heterocycles. The third kappa shape index (κ3) is 0.849. The summed E-state index contributed by atoms with van der Waals surface area (Å²) < 4.78 is 1.78. The number of carboxylic acids is 1. The predicted molar refractivity (Wildman–Crippen MR) is 37.3 cm³/mol. The van der Waals surface area contributed by atoms with Gasteiger partial charge in [0.2, 0.25) is 5.95 Å². The second-order valence-electron chi connectivity index (χ2n) is 2.44. The summed E-state index contributed by atoms with van der Waals surface area (Å²) in [6, 6.07) is -0.515. The molecule has 0 spiro atoms. The Bertz CT molecular complexity index is 273. The molecule has 5 heteroatoms. The average molecular weight is 153 g/mol. The molecule has 1 aliphatic heterocycles. The molecule has 2 rings (SSSR count). The first-order chi connectivity index (χ1) is 5.27. The van der Waals surface area contributed by atoms with Gasteiger partial charge in [-0.15, -0.1) is 0 Å². The summed E-state index contributed by atoms with van der Waals surface area (Å²) in [5, 5.41) is 11.4. The lowest BCUT2D eigenvalue weighted by Gasteiger charge is -2.01. The molecule has 0 aromatic carbocycles. The smallest absolute Gasteiger partial charge is 0.328 e. The lowest BCUT2D eigenvalue weighted by molar-refractivity contribution is -0.137. The van der Waals surface area contributed by atoms with Gasteiger partial charge < -0.3 is 15.0 Å². The molecule has 1 atom stereocenters. The molecule has 0 saturated carbocycles. The van der Waals surface area contributed by atoms with Gasteiger partial charge in [-0.2, -0.15) is 0 Å². The van der Waals surface area contributed by atoms with Gasteiger partial charge in [-0.05, 0) is 0 Å². The zero-order valence-corrected chi connectivity index (χ0v) is 5.69. The van der Waals surface area contributed by atoms with E-state index < -0.39 is 12.0 Å². The van der Waals surface area contributed by atoms with Crippen LogP contribution in [-0.2, 0) is 11.3 Å². The molecule has 0 amide bonds. The third-order valence-electron chi connectivity index (χ3n) is 1.70. The van der Waals surface area contributed by atoms with Crippen LogP contribution in [0.15, 0.2) is 12.4 Å². The largest absolute Gasteiger partial charge is 0.480 e. The van der Waals surface area contributed by atoms with E-state index in [1.165, 1.54) is 0 Å². The Hall–Kier alpha value is -1.52. The Morgan fingerprint density at radius 1 is 1.91 bits per heavy atom. The summed E-state index contributed by atoms with van der Waals surface area (Å²) >= 11 is 0. The molecule has 1 aliphatic rings. The minimum absolute atomic E-state index is 0.463. The molecule has 58 valence electrons. The Morgan fingerprint density at radius 2 is 2.73 bits per heavy atom. The highest BCUT2D eigenvalue weighted by atomic mass is 16.4. The number of nitrogens with one attached hydrogen (secondary N) is 1. The van der Waals surface area contributed by atoms with E-state index in [4.69, 9.17) is 5.11 Å². The number of rotatable bonds is 1. The Labute approximate surface area is 62.7 Å². The van der Waals surface area contributed by atoms with Crippen LogP contribution in [0.25, 0.3) is 0 Å². The van der Waals surface area contributed by atoms with Crippen LogP contribution >= 0.6 is 0 Å². The first-order valence-corrected chi connectivity index (χ1v) is 3.28. The van der Waals surface area contributed by atoms with Crippen LogP contribution in [0.5, 0.6) is 0 Å². The zero-order valence-electron chi connectivity index (χ0n) is 5.69. The summed E-state index contributed by atoms with van der Waals surface area (Å²) in [7, 11) is 0. The minimum atomic E-state index is -0.837. The van der Waals surface area contributed by atoms with E-state index in [0.29, 0.717) is 12.5 Å². The van der Waals surface area contributed by atoms with E-state index in [9.17, 15) is 4.79 Å². The highest BCUT2D eigenvalue weighted by Crippen LogP contribution is 2.14. The number of hydrogen-bond donors (Lipinski definition) is 2. The SMILES string of the molecule is O=C(O)C1Cn2ccnc2N1. The molecule has 0 fully saturated rings. The number of carbonyl (C=O) groups is 1. The Balaban J connectivity index is 2.22. The lowest BCUT2D eigenvalue weighted by Crippen LogP contribution is -2.27. The summed E-state index contributed by atoms with van der Waals surface area (Å²) in [6.45, 7) is 0.463. The van der Waals surface area contributed by atoms with Gasteiger partial charge in [0.25, 0.3) is 0 Å². The van der Waals surface area contributed by atoms with Crippen LogP contribution < -0.4 is 5.32 Å². The van der Waals surface area contributed by atoms with Gasteiger partial charge in [-0.25, -0.2) is 9.78 Å². The van der Waals surface area contributed by atoms with Crippen LogP contribution in [0.2, 0.25) is 0 Å². The Kier molecular flexibility index (Phi) is 1.12. The van der Waals surface area contributed by atoms with E-state index in [0.717, 1.165) is 0 Å². The standard InChI is InChI=1S/C6H7N3O2/c10-5(11)4-3-9-2-1-7-6(9)8-4/h1-2,4H,3H2,(H,7,8)(H,10,11). The highest BCUT2D eigenvalue weighted by Gasteiger charge is 2.26. The molecule has 11 heavy (non-hydrogen) atoms. The quantitative estimate of drug-likeness (QED) is 0.584. The van der Waals surface area contributed by atoms with E-state index >= 15 is 0 Å². The van der Waals surface area contributed by atoms with Gasteiger partial charge in [0.15, 0.2) is 0 Å². The zero-order chi connectivity index (χ0) is 7.84. The van der Waals surface area contributed by atoms with Gasteiger partial charge in [-0.1, -0.05) is 0 Å². The third-order valence-corrected chi connectivity index (χ3v) is 1.70. The number of aliphatic carboxylic acids is 1. The summed E-state index contributed by atoms with van der Waals surface area (Å²) in [6.07, 6.45) is 3.39. The topological polar surface area (TPSA) is 67.1 Å². The second kappa shape index (κ2) is 1.98.